The number of aromatic nitrogens is 2. The fourth-order valence-corrected chi connectivity index (χ4v) is 1.87. The van der Waals surface area contributed by atoms with Crippen LogP contribution in [0.25, 0.3) is 0 Å². The largest absolute Gasteiger partial charge is 0.490 e. The van der Waals surface area contributed by atoms with E-state index in [2.05, 4.69) is 15.5 Å². The van der Waals surface area contributed by atoms with Gasteiger partial charge in [-0.1, -0.05) is 5.16 Å². The summed E-state index contributed by atoms with van der Waals surface area (Å²) in [5.74, 6) is 2.75. The first-order valence-corrected chi connectivity index (χ1v) is 6.24. The predicted molar refractivity (Wildman–Crippen MR) is 68.4 cm³/mol. The van der Waals surface area contributed by atoms with Gasteiger partial charge in [-0.3, -0.25) is 0 Å². The second-order valence-electron chi connectivity index (χ2n) is 4.30. The first-order valence-electron chi connectivity index (χ1n) is 6.24. The van der Waals surface area contributed by atoms with Crippen molar-refractivity contribution < 1.29 is 14.0 Å². The van der Waals surface area contributed by atoms with Crippen LogP contribution in [0.4, 0.5) is 5.69 Å². The smallest absolute Gasteiger partial charge is 0.223 e. The Morgan fingerprint density at radius 3 is 2.84 bits per heavy atom. The zero-order valence-corrected chi connectivity index (χ0v) is 10.7. The molecule has 100 valence electrons. The van der Waals surface area contributed by atoms with Gasteiger partial charge in [-0.05, 0) is 12.1 Å². The van der Waals surface area contributed by atoms with Crippen LogP contribution in [0.2, 0.25) is 0 Å². The van der Waals surface area contributed by atoms with Gasteiger partial charge >= 0.3 is 0 Å². The highest BCUT2D eigenvalue weighted by molar-refractivity contribution is 5.54. The summed E-state index contributed by atoms with van der Waals surface area (Å²) in [6.45, 7) is 3.66. The highest BCUT2D eigenvalue weighted by Crippen LogP contribution is 2.32. The summed E-state index contributed by atoms with van der Waals surface area (Å²) >= 11 is 0. The highest BCUT2D eigenvalue weighted by atomic mass is 16.5. The van der Waals surface area contributed by atoms with E-state index < -0.39 is 0 Å². The summed E-state index contributed by atoms with van der Waals surface area (Å²) in [4.78, 5) is 4.13. The summed E-state index contributed by atoms with van der Waals surface area (Å²) in [6, 6.07) is 5.78. The van der Waals surface area contributed by atoms with Crippen LogP contribution in [-0.4, -0.2) is 23.4 Å². The Morgan fingerprint density at radius 1 is 1.21 bits per heavy atom. The summed E-state index contributed by atoms with van der Waals surface area (Å²) in [5.41, 5.74) is 0.937. The van der Waals surface area contributed by atoms with Gasteiger partial charge in [0.1, 0.15) is 0 Å². The molecule has 6 nitrogen and oxygen atoms in total. The van der Waals surface area contributed by atoms with Crippen LogP contribution < -0.4 is 14.8 Å². The Morgan fingerprint density at radius 2 is 2.05 bits per heavy atom. The van der Waals surface area contributed by atoms with Gasteiger partial charge in [0.25, 0.3) is 0 Å². The van der Waals surface area contributed by atoms with E-state index in [1.165, 1.54) is 0 Å². The molecule has 2 heterocycles. The van der Waals surface area contributed by atoms with Gasteiger partial charge in [-0.25, -0.2) is 0 Å². The van der Waals surface area contributed by atoms with Gasteiger partial charge in [-0.15, -0.1) is 0 Å². The Hall–Kier alpha value is -2.24. The number of aryl methyl sites for hydroxylation is 1. The number of benzene rings is 1. The van der Waals surface area contributed by atoms with E-state index in [1.54, 1.807) is 6.92 Å². The molecule has 0 amide bonds. The fourth-order valence-electron chi connectivity index (χ4n) is 1.87. The number of hydrogen-bond acceptors (Lipinski definition) is 6. The van der Waals surface area contributed by atoms with Crippen molar-refractivity contribution in [2.75, 3.05) is 18.5 Å². The van der Waals surface area contributed by atoms with Crippen molar-refractivity contribution in [1.82, 2.24) is 10.1 Å². The molecule has 2 aromatic rings. The minimum atomic E-state index is 0.511. The van der Waals surface area contributed by atoms with Crippen LogP contribution in [0.3, 0.4) is 0 Å². The molecule has 19 heavy (non-hydrogen) atoms. The first-order chi connectivity index (χ1) is 9.31. The van der Waals surface area contributed by atoms with Crippen molar-refractivity contribution in [3.05, 3.63) is 29.9 Å². The van der Waals surface area contributed by atoms with Gasteiger partial charge in [0.2, 0.25) is 5.89 Å². The van der Waals surface area contributed by atoms with Crippen LogP contribution >= 0.6 is 0 Å². The molecular weight excluding hydrogens is 246 g/mol. The van der Waals surface area contributed by atoms with Crippen LogP contribution in [0, 0.1) is 6.92 Å². The zero-order chi connectivity index (χ0) is 13.1. The maximum atomic E-state index is 5.63. The van der Waals surface area contributed by atoms with Gasteiger partial charge in [0.05, 0.1) is 19.8 Å². The molecule has 3 rings (SSSR count). The van der Waals surface area contributed by atoms with E-state index in [4.69, 9.17) is 14.0 Å². The van der Waals surface area contributed by atoms with Crippen LogP contribution in [0.15, 0.2) is 22.7 Å². The van der Waals surface area contributed by atoms with Crippen molar-refractivity contribution in [1.29, 1.82) is 0 Å². The lowest BCUT2D eigenvalue weighted by Gasteiger charge is -2.10. The molecule has 0 fully saturated rings. The third-order valence-corrected chi connectivity index (χ3v) is 2.77. The van der Waals surface area contributed by atoms with Crippen molar-refractivity contribution in [3.63, 3.8) is 0 Å². The lowest BCUT2D eigenvalue weighted by atomic mass is 10.2. The maximum absolute atomic E-state index is 5.63. The molecular formula is C13H15N3O3. The van der Waals surface area contributed by atoms with Crippen LogP contribution in [0.1, 0.15) is 18.1 Å². The van der Waals surface area contributed by atoms with E-state index in [1.807, 2.05) is 18.2 Å². The average Bonchev–Trinajstić information content (AvgIpc) is 2.70. The summed E-state index contributed by atoms with van der Waals surface area (Å²) in [5, 5.41) is 7.05. The van der Waals surface area contributed by atoms with E-state index in [0.717, 1.165) is 23.6 Å². The van der Waals surface area contributed by atoms with Crippen molar-refractivity contribution in [2.45, 2.75) is 19.9 Å². The molecule has 0 saturated carbocycles. The molecule has 6 heteroatoms. The molecule has 0 atom stereocenters. The van der Waals surface area contributed by atoms with Gasteiger partial charge in [-0.2, -0.15) is 4.98 Å². The predicted octanol–water partition coefficient (Wildman–Crippen LogP) is 2.15. The number of nitrogens with zero attached hydrogens (tertiary/aromatic N) is 2. The standard InChI is InChI=1S/C13H15N3O3/c1-9-15-13(16-19-9)8-14-10-3-4-11-12(7-10)18-6-2-5-17-11/h3-4,7,14H,2,5-6,8H2,1H3. The zero-order valence-electron chi connectivity index (χ0n) is 10.7. The lowest BCUT2D eigenvalue weighted by Crippen LogP contribution is -2.02. The third-order valence-electron chi connectivity index (χ3n) is 2.77. The SMILES string of the molecule is Cc1nc(CNc2ccc3c(c2)OCCCO3)no1. The minimum absolute atomic E-state index is 0.511. The first kappa shape index (κ1) is 11.8. The monoisotopic (exact) mass is 261 g/mol. The number of anilines is 1. The molecule has 1 aromatic heterocycles. The number of fused-ring (bicyclic) bond motifs is 1. The van der Waals surface area contributed by atoms with E-state index >= 15 is 0 Å². The van der Waals surface area contributed by atoms with E-state index in [-0.39, 0.29) is 0 Å². The molecule has 0 aliphatic carbocycles. The third kappa shape index (κ3) is 2.78. The summed E-state index contributed by atoms with van der Waals surface area (Å²) in [6.07, 6.45) is 0.902. The molecule has 0 unspecified atom stereocenters. The average molecular weight is 261 g/mol. The molecule has 1 N–H and O–H groups in total. The molecule has 0 saturated heterocycles. The molecule has 0 spiro atoms. The second-order valence-corrected chi connectivity index (χ2v) is 4.30. The van der Waals surface area contributed by atoms with Crippen molar-refractivity contribution in [3.8, 4) is 11.5 Å². The summed E-state index contributed by atoms with van der Waals surface area (Å²) < 4.78 is 16.1. The highest BCUT2D eigenvalue weighted by Gasteiger charge is 2.10. The molecule has 0 radical (unpaired) electrons. The second kappa shape index (κ2) is 5.17. The Kier molecular flexibility index (Phi) is 3.22. The lowest BCUT2D eigenvalue weighted by molar-refractivity contribution is 0.297. The van der Waals surface area contributed by atoms with Gasteiger partial charge < -0.3 is 19.3 Å². The topological polar surface area (TPSA) is 69.4 Å². The Labute approximate surface area is 110 Å². The summed E-state index contributed by atoms with van der Waals surface area (Å²) in [7, 11) is 0. The molecule has 0 bridgehead atoms. The number of ether oxygens (including phenoxy) is 2. The maximum Gasteiger partial charge on any atom is 0.223 e. The number of rotatable bonds is 3. The van der Waals surface area contributed by atoms with Crippen molar-refractivity contribution in [2.24, 2.45) is 0 Å². The molecule has 1 aliphatic heterocycles. The molecule has 1 aromatic carbocycles. The molecule has 1 aliphatic rings. The van der Waals surface area contributed by atoms with Gasteiger partial charge in [0.15, 0.2) is 17.3 Å². The minimum Gasteiger partial charge on any atom is -0.490 e. The normalized spacial score (nSPS) is 13.9. The Bertz CT molecular complexity index is 568. The van der Waals surface area contributed by atoms with Crippen LogP contribution in [0.5, 0.6) is 11.5 Å². The van der Waals surface area contributed by atoms with Crippen LogP contribution in [-0.2, 0) is 6.54 Å². The van der Waals surface area contributed by atoms with Gasteiger partial charge in [0, 0.05) is 25.1 Å². The fraction of sp³-hybridized carbons (Fsp3) is 0.385. The van der Waals surface area contributed by atoms with E-state index in [9.17, 15) is 0 Å². The number of hydrogen-bond donors (Lipinski definition) is 1. The Balaban J connectivity index is 1.69. The van der Waals surface area contributed by atoms with E-state index in [0.29, 0.717) is 31.5 Å². The quantitative estimate of drug-likeness (QED) is 0.913. The van der Waals surface area contributed by atoms with Crippen molar-refractivity contribution >= 4 is 5.69 Å². The number of nitrogens with one attached hydrogen (secondary N) is 1.